The van der Waals surface area contributed by atoms with Crippen LogP contribution in [0.1, 0.15) is 0 Å². The Morgan fingerprint density at radius 3 is 1.03 bits per heavy atom. The topological polar surface area (TPSA) is 19.7 Å². The lowest BCUT2D eigenvalue weighted by Gasteiger charge is -2.13. The molecule has 0 saturated carbocycles. The minimum atomic E-state index is 1.15. The molecule has 0 fully saturated rings. The predicted molar refractivity (Wildman–Crippen MR) is 287 cm³/mol. The summed E-state index contributed by atoms with van der Waals surface area (Å²) in [6, 6.07) is 85.6. The SMILES string of the molecule is c1ccc(-n2c3ccccc3c3cc(-n4c5cccc6ccc7cc(-c8cc9ccc%10cccc%11c%10c9c(c8)n%11-c8ccc9c(c8)c8ccccc8n9-c8ccccc8)cc4c7c65)ccc32)cc1. The fourth-order valence-corrected chi connectivity index (χ4v) is 12.2. The van der Waals surface area contributed by atoms with Gasteiger partial charge in [0.15, 0.2) is 0 Å². The summed E-state index contributed by atoms with van der Waals surface area (Å²) in [5.74, 6) is 0. The third kappa shape index (κ3) is 4.77. The van der Waals surface area contributed by atoms with Crippen LogP contribution in [0.3, 0.4) is 0 Å². The molecule has 68 heavy (non-hydrogen) atoms. The van der Waals surface area contributed by atoms with E-state index in [-0.39, 0.29) is 0 Å². The second-order valence-corrected chi connectivity index (χ2v) is 18.5. The third-order valence-corrected chi connectivity index (χ3v) is 15.0. The first-order valence-corrected chi connectivity index (χ1v) is 23.5. The summed E-state index contributed by atoms with van der Waals surface area (Å²) in [6.07, 6.45) is 0. The van der Waals surface area contributed by atoms with Crippen LogP contribution in [0.15, 0.2) is 231 Å². The molecule has 0 bridgehead atoms. The van der Waals surface area contributed by atoms with Crippen LogP contribution in [0.2, 0.25) is 0 Å². The molecular weight excluding hydrogens is 825 g/mol. The van der Waals surface area contributed by atoms with Gasteiger partial charge in [0.25, 0.3) is 0 Å². The molecule has 314 valence electrons. The number of para-hydroxylation sites is 4. The average Bonchev–Trinajstić information content (AvgIpc) is 4.13. The highest BCUT2D eigenvalue weighted by Gasteiger charge is 2.23. The largest absolute Gasteiger partial charge is 0.309 e. The van der Waals surface area contributed by atoms with Gasteiger partial charge in [-0.25, -0.2) is 0 Å². The zero-order valence-electron chi connectivity index (χ0n) is 36.7. The summed E-state index contributed by atoms with van der Waals surface area (Å²) >= 11 is 0. The summed E-state index contributed by atoms with van der Waals surface area (Å²) in [4.78, 5) is 0. The molecule has 4 nitrogen and oxygen atoms in total. The van der Waals surface area contributed by atoms with Crippen molar-refractivity contribution in [1.82, 2.24) is 18.3 Å². The van der Waals surface area contributed by atoms with Crippen LogP contribution in [0, 0.1) is 0 Å². The van der Waals surface area contributed by atoms with Crippen LogP contribution in [0.5, 0.6) is 0 Å². The fourth-order valence-electron chi connectivity index (χ4n) is 12.2. The van der Waals surface area contributed by atoms with Crippen LogP contribution in [-0.2, 0) is 0 Å². The number of hydrogen-bond donors (Lipinski definition) is 0. The second-order valence-electron chi connectivity index (χ2n) is 18.5. The number of hydrogen-bond acceptors (Lipinski definition) is 0. The molecule has 4 heteroatoms. The van der Waals surface area contributed by atoms with Gasteiger partial charge in [-0.15, -0.1) is 0 Å². The van der Waals surface area contributed by atoms with E-state index in [1.807, 2.05) is 0 Å². The Kier molecular flexibility index (Phi) is 7.04. The number of aromatic nitrogens is 4. The maximum Gasteiger partial charge on any atom is 0.0553 e. The van der Waals surface area contributed by atoms with Gasteiger partial charge in [0.2, 0.25) is 0 Å². The third-order valence-electron chi connectivity index (χ3n) is 15.0. The second kappa shape index (κ2) is 13.3. The molecule has 0 aliphatic carbocycles. The molecule has 0 N–H and O–H groups in total. The van der Waals surface area contributed by atoms with Gasteiger partial charge in [-0.3, -0.25) is 0 Å². The maximum absolute atomic E-state index is 2.51. The Morgan fingerprint density at radius 2 is 0.559 bits per heavy atom. The molecule has 0 radical (unpaired) electrons. The van der Waals surface area contributed by atoms with Gasteiger partial charge in [-0.05, 0) is 142 Å². The molecule has 0 aliphatic rings. The van der Waals surface area contributed by atoms with Crippen molar-refractivity contribution in [2.45, 2.75) is 0 Å². The molecule has 16 aromatic rings. The van der Waals surface area contributed by atoms with E-state index in [2.05, 4.69) is 249 Å². The van der Waals surface area contributed by atoms with E-state index in [0.717, 1.165) is 22.7 Å². The van der Waals surface area contributed by atoms with E-state index in [0.29, 0.717) is 0 Å². The van der Waals surface area contributed by atoms with E-state index < -0.39 is 0 Å². The molecular formula is C64H38N4. The van der Waals surface area contributed by atoms with E-state index >= 15 is 0 Å². The van der Waals surface area contributed by atoms with Gasteiger partial charge >= 0.3 is 0 Å². The van der Waals surface area contributed by atoms with E-state index in [9.17, 15) is 0 Å². The van der Waals surface area contributed by atoms with Crippen molar-refractivity contribution in [2.75, 3.05) is 0 Å². The van der Waals surface area contributed by atoms with Crippen molar-refractivity contribution >= 4 is 109 Å². The molecule has 0 aliphatic heterocycles. The molecule has 0 saturated heterocycles. The Hall–Kier alpha value is -9.12. The van der Waals surface area contributed by atoms with Crippen LogP contribution < -0.4 is 0 Å². The number of fused-ring (bicyclic) bond motifs is 6. The molecule has 4 aromatic heterocycles. The number of rotatable bonds is 5. The molecule has 0 atom stereocenters. The molecule has 16 rings (SSSR count). The van der Waals surface area contributed by atoms with Gasteiger partial charge in [0.05, 0.1) is 44.1 Å². The van der Waals surface area contributed by atoms with Crippen molar-refractivity contribution in [3.8, 4) is 33.9 Å². The summed E-state index contributed by atoms with van der Waals surface area (Å²) in [5, 5.41) is 15.2. The first kappa shape index (κ1) is 36.1. The Balaban J connectivity index is 0.943. The van der Waals surface area contributed by atoms with Crippen molar-refractivity contribution < 1.29 is 0 Å². The first-order chi connectivity index (χ1) is 33.7. The van der Waals surface area contributed by atoms with Crippen molar-refractivity contribution in [1.29, 1.82) is 0 Å². The Labute approximate surface area is 389 Å². The quantitative estimate of drug-likeness (QED) is 0.154. The van der Waals surface area contributed by atoms with Gasteiger partial charge < -0.3 is 18.3 Å². The van der Waals surface area contributed by atoms with E-state index in [1.54, 1.807) is 0 Å². The Bertz CT molecular complexity index is 4410. The summed E-state index contributed by atoms with van der Waals surface area (Å²) in [7, 11) is 0. The van der Waals surface area contributed by atoms with E-state index in [4.69, 9.17) is 0 Å². The molecule has 0 unspecified atom stereocenters. The highest BCUT2D eigenvalue weighted by atomic mass is 15.0. The van der Waals surface area contributed by atoms with Crippen LogP contribution in [0.4, 0.5) is 0 Å². The standard InChI is InChI=1S/C64H38N4/c1-3-15-45(16-4-1)65-53-21-9-7-19-49(53)51-37-47(29-31-55(51)65)67-57-23-11-13-39-25-27-41-33-43(35-59(67)63(41)61(39)57)44-34-42-28-26-40-14-12-24-58-62(40)64(42)60(36-44)68(58)48-30-32-56-52(38-48)50-20-8-10-22-54(50)66(56)46-17-5-2-6-18-46/h1-38H. The minimum absolute atomic E-state index is 1.15. The zero-order chi connectivity index (χ0) is 44.2. The fraction of sp³-hybridized carbons (Fsp3) is 0. The smallest absolute Gasteiger partial charge is 0.0553 e. The van der Waals surface area contributed by atoms with Gasteiger partial charge in [-0.2, -0.15) is 0 Å². The van der Waals surface area contributed by atoms with E-state index in [1.165, 1.54) is 120 Å². The van der Waals surface area contributed by atoms with Crippen LogP contribution >= 0.6 is 0 Å². The Morgan fingerprint density at radius 1 is 0.191 bits per heavy atom. The maximum atomic E-state index is 2.51. The zero-order valence-corrected chi connectivity index (χ0v) is 36.7. The highest BCUT2D eigenvalue weighted by Crippen LogP contribution is 2.46. The van der Waals surface area contributed by atoms with Gasteiger partial charge in [-0.1, -0.05) is 121 Å². The predicted octanol–water partition coefficient (Wildman–Crippen LogP) is 16.9. The van der Waals surface area contributed by atoms with Gasteiger partial charge in [0, 0.05) is 65.8 Å². The summed E-state index contributed by atoms with van der Waals surface area (Å²) < 4.78 is 9.81. The minimum Gasteiger partial charge on any atom is -0.309 e. The van der Waals surface area contributed by atoms with Gasteiger partial charge in [0.1, 0.15) is 0 Å². The molecule has 4 heterocycles. The van der Waals surface area contributed by atoms with Crippen LogP contribution in [0.25, 0.3) is 143 Å². The number of benzene rings is 12. The lowest BCUT2D eigenvalue weighted by molar-refractivity contribution is 1.16. The van der Waals surface area contributed by atoms with Crippen molar-refractivity contribution in [3.63, 3.8) is 0 Å². The average molecular weight is 863 g/mol. The molecule has 0 spiro atoms. The van der Waals surface area contributed by atoms with Crippen molar-refractivity contribution in [2.24, 2.45) is 0 Å². The number of nitrogens with zero attached hydrogens (tertiary/aromatic N) is 4. The summed E-state index contributed by atoms with van der Waals surface area (Å²) in [5.41, 5.74) is 16.7. The lowest BCUT2D eigenvalue weighted by atomic mass is 9.94. The first-order valence-electron chi connectivity index (χ1n) is 23.5. The highest BCUT2D eigenvalue weighted by molar-refractivity contribution is 6.27. The molecule has 0 amide bonds. The van der Waals surface area contributed by atoms with Crippen molar-refractivity contribution in [3.05, 3.63) is 231 Å². The van der Waals surface area contributed by atoms with Crippen LogP contribution in [-0.4, -0.2) is 18.3 Å². The normalized spacial score (nSPS) is 12.4. The molecule has 12 aromatic carbocycles. The lowest BCUT2D eigenvalue weighted by Crippen LogP contribution is -1.96. The monoisotopic (exact) mass is 862 g/mol. The summed E-state index contributed by atoms with van der Waals surface area (Å²) in [6.45, 7) is 0.